The Kier molecular flexibility index (Phi) is 6.45. The summed E-state index contributed by atoms with van der Waals surface area (Å²) in [7, 11) is -1.34. The molecular weight excluding hydrogens is 493 g/mol. The minimum absolute atomic E-state index is 0.0445. The largest absolute Gasteiger partial charge is 0.446 e. The molecule has 0 fully saturated rings. The van der Waals surface area contributed by atoms with Crippen molar-refractivity contribution in [1.82, 2.24) is 19.3 Å². The number of aromatic nitrogens is 4. The van der Waals surface area contributed by atoms with Crippen molar-refractivity contribution in [3.05, 3.63) is 62.8 Å². The quantitative estimate of drug-likeness (QED) is 0.233. The van der Waals surface area contributed by atoms with Crippen molar-refractivity contribution in [2.24, 2.45) is 0 Å². The molecule has 0 N–H and O–H groups in total. The summed E-state index contributed by atoms with van der Waals surface area (Å²) in [6.45, 7) is 7.07. The third-order valence-electron chi connectivity index (χ3n) is 4.99. The lowest BCUT2D eigenvalue weighted by Gasteiger charge is -2.16. The summed E-state index contributed by atoms with van der Waals surface area (Å²) in [6, 6.07) is 8.22. The van der Waals surface area contributed by atoms with E-state index in [2.05, 4.69) is 29.8 Å². The molecule has 0 atom stereocenters. The van der Waals surface area contributed by atoms with Crippen LogP contribution in [-0.2, 0) is 11.5 Å². The van der Waals surface area contributed by atoms with E-state index < -0.39 is 25.5 Å². The van der Waals surface area contributed by atoms with Gasteiger partial charge in [-0.3, -0.25) is 9.09 Å². The van der Waals surface area contributed by atoms with Gasteiger partial charge in [0.05, 0.1) is 16.8 Å². The standard InChI is InChI=1S/C21H20Cl2F2N4O3Si/c1-33(2,3)8-7-31-11-28-18-14(10-15(24)16(25)17(18)26-20(28)23)19-27-32-21(30)29(19)13-6-4-5-12(22)9-13/h4-6,9-10H,7-8,11H2,1-3H3. The van der Waals surface area contributed by atoms with Gasteiger partial charge in [-0.25, -0.2) is 23.1 Å². The van der Waals surface area contributed by atoms with Gasteiger partial charge in [0.1, 0.15) is 12.2 Å². The Morgan fingerprint density at radius 1 is 1.18 bits per heavy atom. The average Bonchev–Trinajstić information content (AvgIpc) is 3.27. The molecule has 0 aliphatic heterocycles. The Hall–Kier alpha value is -2.53. The van der Waals surface area contributed by atoms with Gasteiger partial charge in [0, 0.05) is 19.7 Å². The maximum absolute atomic E-state index is 14.6. The first-order chi connectivity index (χ1) is 15.6. The van der Waals surface area contributed by atoms with E-state index in [-0.39, 0.29) is 34.4 Å². The minimum Gasteiger partial charge on any atom is -0.361 e. The lowest BCUT2D eigenvalue weighted by molar-refractivity contribution is 0.0901. The van der Waals surface area contributed by atoms with E-state index in [4.69, 9.17) is 32.5 Å². The second-order valence-electron chi connectivity index (χ2n) is 8.66. The van der Waals surface area contributed by atoms with Crippen molar-refractivity contribution in [1.29, 1.82) is 0 Å². The number of ether oxygens (including phenoxy) is 1. The number of imidazole rings is 1. The van der Waals surface area contributed by atoms with Crippen molar-refractivity contribution in [2.75, 3.05) is 6.61 Å². The smallest absolute Gasteiger partial charge is 0.361 e. The molecule has 7 nitrogen and oxygen atoms in total. The molecule has 2 aromatic carbocycles. The maximum atomic E-state index is 14.6. The van der Waals surface area contributed by atoms with Crippen LogP contribution < -0.4 is 5.76 Å². The molecule has 0 amide bonds. The highest BCUT2D eigenvalue weighted by molar-refractivity contribution is 6.76. The van der Waals surface area contributed by atoms with Crippen LogP contribution in [-0.4, -0.2) is 34.0 Å². The summed E-state index contributed by atoms with van der Waals surface area (Å²) in [6.07, 6.45) is 0. The van der Waals surface area contributed by atoms with E-state index in [0.717, 1.165) is 16.7 Å². The van der Waals surface area contributed by atoms with Gasteiger partial charge in [0.2, 0.25) is 5.28 Å². The van der Waals surface area contributed by atoms with Crippen LogP contribution in [0.4, 0.5) is 8.78 Å². The normalized spacial score (nSPS) is 12.1. The van der Waals surface area contributed by atoms with Gasteiger partial charge < -0.3 is 4.74 Å². The topological polar surface area (TPSA) is 75.1 Å². The van der Waals surface area contributed by atoms with Crippen molar-refractivity contribution >= 4 is 42.3 Å². The molecule has 174 valence electrons. The molecule has 0 spiro atoms. The van der Waals surface area contributed by atoms with Gasteiger partial charge in [-0.05, 0) is 41.9 Å². The van der Waals surface area contributed by atoms with E-state index in [1.807, 2.05) is 0 Å². The summed E-state index contributed by atoms with van der Waals surface area (Å²) < 4.78 is 42.3. The van der Waals surface area contributed by atoms with E-state index >= 15 is 0 Å². The zero-order valence-electron chi connectivity index (χ0n) is 18.0. The Balaban J connectivity index is 1.87. The van der Waals surface area contributed by atoms with E-state index in [0.29, 0.717) is 17.3 Å². The summed E-state index contributed by atoms with van der Waals surface area (Å²) in [5.74, 6) is -3.23. The lowest BCUT2D eigenvalue weighted by atomic mass is 10.1. The number of fused-ring (bicyclic) bond motifs is 1. The fraction of sp³-hybridized carbons (Fsp3) is 0.286. The second kappa shape index (κ2) is 9.01. The SMILES string of the molecule is C[Si](C)(C)CCOCn1c(Cl)nc2c(F)c(F)cc(-c3noc(=O)n3-c3cccc(Cl)c3)c21. The highest BCUT2D eigenvalue weighted by Crippen LogP contribution is 2.34. The monoisotopic (exact) mass is 512 g/mol. The van der Waals surface area contributed by atoms with Crippen molar-refractivity contribution < 1.29 is 18.0 Å². The molecule has 33 heavy (non-hydrogen) atoms. The third-order valence-corrected chi connectivity index (χ3v) is 7.22. The summed E-state index contributed by atoms with van der Waals surface area (Å²) >= 11 is 12.3. The van der Waals surface area contributed by atoms with Crippen molar-refractivity contribution in [2.45, 2.75) is 32.4 Å². The Morgan fingerprint density at radius 2 is 1.94 bits per heavy atom. The maximum Gasteiger partial charge on any atom is 0.446 e. The molecule has 0 aliphatic rings. The van der Waals surface area contributed by atoms with Crippen LogP contribution in [0.1, 0.15) is 0 Å². The van der Waals surface area contributed by atoms with Gasteiger partial charge in [-0.1, -0.05) is 42.5 Å². The summed E-state index contributed by atoms with van der Waals surface area (Å²) in [4.78, 5) is 16.4. The second-order valence-corrected chi connectivity index (χ2v) is 15.1. The predicted molar refractivity (Wildman–Crippen MR) is 125 cm³/mol. The molecule has 4 aromatic rings. The zero-order chi connectivity index (χ0) is 23.9. The first-order valence-electron chi connectivity index (χ1n) is 10.0. The third kappa shape index (κ3) is 4.74. The van der Waals surface area contributed by atoms with Crippen LogP contribution >= 0.6 is 23.2 Å². The molecule has 2 heterocycles. The van der Waals surface area contributed by atoms with Gasteiger partial charge in [-0.2, -0.15) is 0 Å². The van der Waals surface area contributed by atoms with Crippen LogP contribution in [0.3, 0.4) is 0 Å². The van der Waals surface area contributed by atoms with Gasteiger partial charge in [0.25, 0.3) is 0 Å². The Bertz CT molecular complexity index is 1390. The molecule has 0 bridgehead atoms. The first kappa shape index (κ1) is 23.6. The van der Waals surface area contributed by atoms with Crippen LogP contribution in [0.2, 0.25) is 36.0 Å². The summed E-state index contributed by atoms with van der Waals surface area (Å²) in [5.41, 5.74) is 0.209. The first-order valence-corrected chi connectivity index (χ1v) is 14.5. The molecule has 0 saturated carbocycles. The molecule has 12 heteroatoms. The number of halogens is 4. The van der Waals surface area contributed by atoms with Gasteiger partial charge >= 0.3 is 5.76 Å². The van der Waals surface area contributed by atoms with Gasteiger partial charge in [0.15, 0.2) is 17.5 Å². The number of hydrogen-bond donors (Lipinski definition) is 0. The fourth-order valence-electron chi connectivity index (χ4n) is 3.31. The van der Waals surface area contributed by atoms with Crippen molar-refractivity contribution in [3.8, 4) is 17.1 Å². The van der Waals surface area contributed by atoms with Crippen LogP contribution in [0.5, 0.6) is 0 Å². The lowest BCUT2D eigenvalue weighted by Crippen LogP contribution is -2.22. The van der Waals surface area contributed by atoms with Crippen molar-refractivity contribution in [3.63, 3.8) is 0 Å². The minimum atomic E-state index is -1.34. The number of rotatable bonds is 7. The molecule has 0 saturated heterocycles. The van der Waals surface area contributed by atoms with Crippen LogP contribution in [0, 0.1) is 11.6 Å². The Morgan fingerprint density at radius 3 is 2.64 bits per heavy atom. The van der Waals surface area contributed by atoms with E-state index in [1.165, 1.54) is 10.6 Å². The molecule has 4 rings (SSSR count). The number of benzene rings is 2. The Labute approximate surface area is 198 Å². The zero-order valence-corrected chi connectivity index (χ0v) is 20.5. The average molecular weight is 513 g/mol. The fourth-order valence-corrected chi connectivity index (χ4v) is 4.47. The van der Waals surface area contributed by atoms with E-state index in [9.17, 15) is 13.6 Å². The molecule has 0 radical (unpaired) electrons. The number of nitrogens with zero attached hydrogens (tertiary/aromatic N) is 4. The highest BCUT2D eigenvalue weighted by Gasteiger charge is 2.26. The van der Waals surface area contributed by atoms with Gasteiger partial charge in [-0.15, -0.1) is 0 Å². The molecule has 0 aliphatic carbocycles. The number of hydrogen-bond acceptors (Lipinski definition) is 5. The van der Waals surface area contributed by atoms with E-state index in [1.54, 1.807) is 18.2 Å². The van der Waals surface area contributed by atoms with Crippen LogP contribution in [0.25, 0.3) is 28.1 Å². The highest BCUT2D eigenvalue weighted by atomic mass is 35.5. The molecular formula is C21H20Cl2F2N4O3Si. The molecule has 2 aromatic heterocycles. The van der Waals surface area contributed by atoms with Crippen LogP contribution in [0.15, 0.2) is 39.6 Å². The summed E-state index contributed by atoms with van der Waals surface area (Å²) in [5, 5.41) is 4.09. The molecule has 0 unspecified atom stereocenters. The predicted octanol–water partition coefficient (Wildman–Crippen LogP) is 5.74.